The highest BCUT2D eigenvalue weighted by atomic mass is 32.2. The fourth-order valence-corrected chi connectivity index (χ4v) is 3.89. The van der Waals surface area contributed by atoms with Crippen molar-refractivity contribution in [1.82, 2.24) is 5.32 Å². The number of carboxylic acid groups (broad SMARTS) is 1. The largest absolute Gasteiger partial charge is 0.481 e. The number of aryl methyl sites for hydroxylation is 1. The van der Waals surface area contributed by atoms with Gasteiger partial charge in [-0.25, -0.2) is 0 Å². The van der Waals surface area contributed by atoms with E-state index in [9.17, 15) is 9.59 Å². The molecule has 1 aliphatic rings. The van der Waals surface area contributed by atoms with Gasteiger partial charge in [-0.3, -0.25) is 14.6 Å². The van der Waals surface area contributed by atoms with Crippen LogP contribution in [-0.4, -0.2) is 35.5 Å². The highest BCUT2D eigenvalue weighted by Gasteiger charge is 2.30. The third kappa shape index (κ3) is 7.59. The van der Waals surface area contributed by atoms with E-state index in [1.807, 2.05) is 19.2 Å². The van der Waals surface area contributed by atoms with Gasteiger partial charge in [0.2, 0.25) is 5.91 Å². The second-order valence-electron chi connectivity index (χ2n) is 7.38. The first-order valence-electron chi connectivity index (χ1n) is 9.01. The Morgan fingerprint density at radius 1 is 1.37 bits per heavy atom. The maximum Gasteiger partial charge on any atom is 0.305 e. The molecule has 2 rings (SSSR count). The molecular weight excluding hydrogens is 360 g/mol. The van der Waals surface area contributed by atoms with Crippen LogP contribution in [0.2, 0.25) is 0 Å². The molecule has 0 aliphatic carbocycles. The van der Waals surface area contributed by atoms with Crippen LogP contribution in [0, 0.1) is 6.92 Å². The van der Waals surface area contributed by atoms with Gasteiger partial charge in [0.25, 0.3) is 0 Å². The van der Waals surface area contributed by atoms with Crippen molar-refractivity contribution in [2.75, 3.05) is 7.05 Å². The van der Waals surface area contributed by atoms with E-state index in [4.69, 9.17) is 5.11 Å². The van der Waals surface area contributed by atoms with Crippen LogP contribution in [0.25, 0.3) is 0 Å². The molecule has 0 bridgehead atoms. The van der Waals surface area contributed by atoms with Gasteiger partial charge in [-0.05, 0) is 35.4 Å². The average Bonchev–Trinajstić information content (AvgIpc) is 2.86. The predicted molar refractivity (Wildman–Crippen MR) is 114 cm³/mol. The van der Waals surface area contributed by atoms with Gasteiger partial charge in [-0.15, -0.1) is 0 Å². The van der Waals surface area contributed by atoms with Gasteiger partial charge < -0.3 is 10.4 Å². The fraction of sp³-hybridized carbons (Fsp3) is 0.476. The SMILES string of the molecule is CC/C=C1/NC(=O)C(CC(=O)O)S1.CN=Cc1ccc(C(C)(C)C)c(C)c1. The normalized spacial score (nSPS) is 18.4. The number of thioether (sulfide) groups is 1. The van der Waals surface area contributed by atoms with Crippen molar-refractivity contribution >= 4 is 29.9 Å². The van der Waals surface area contributed by atoms with Crippen molar-refractivity contribution in [3.8, 4) is 0 Å². The summed E-state index contributed by atoms with van der Waals surface area (Å²) >= 11 is 1.29. The topological polar surface area (TPSA) is 78.8 Å². The Morgan fingerprint density at radius 3 is 2.52 bits per heavy atom. The maximum absolute atomic E-state index is 11.2. The van der Waals surface area contributed by atoms with Crippen molar-refractivity contribution in [2.45, 2.75) is 58.1 Å². The molecule has 1 aromatic carbocycles. The molecule has 27 heavy (non-hydrogen) atoms. The molecule has 0 aromatic heterocycles. The van der Waals surface area contributed by atoms with Gasteiger partial charge in [0.05, 0.1) is 11.4 Å². The molecule has 1 unspecified atom stereocenters. The minimum absolute atomic E-state index is 0.114. The number of carbonyl (C=O) groups is 2. The Balaban J connectivity index is 0.000000271. The third-order valence-corrected chi connectivity index (χ3v) is 5.08. The van der Waals surface area contributed by atoms with E-state index < -0.39 is 11.2 Å². The van der Waals surface area contributed by atoms with Crippen molar-refractivity contribution in [3.05, 3.63) is 46.0 Å². The average molecular weight is 391 g/mol. The lowest BCUT2D eigenvalue weighted by atomic mass is 9.83. The van der Waals surface area contributed by atoms with E-state index in [2.05, 4.69) is 56.2 Å². The third-order valence-electron chi connectivity index (χ3n) is 3.89. The number of benzene rings is 1. The molecule has 0 spiro atoms. The Bertz CT molecular complexity index is 733. The molecule has 1 aromatic rings. The lowest BCUT2D eigenvalue weighted by Gasteiger charge is -2.21. The molecule has 5 nitrogen and oxygen atoms in total. The van der Waals surface area contributed by atoms with Gasteiger partial charge in [0, 0.05) is 13.3 Å². The zero-order valence-corrected chi connectivity index (χ0v) is 17.8. The molecule has 6 heteroatoms. The van der Waals surface area contributed by atoms with Crippen LogP contribution in [0.15, 0.2) is 34.3 Å². The fourth-order valence-electron chi connectivity index (χ4n) is 2.77. The Labute approximate surface area is 166 Å². The second kappa shape index (κ2) is 10.3. The molecular formula is C21H30N2O3S. The van der Waals surface area contributed by atoms with E-state index in [1.54, 1.807) is 7.05 Å². The van der Waals surface area contributed by atoms with Crippen molar-refractivity contribution in [3.63, 3.8) is 0 Å². The number of amides is 1. The summed E-state index contributed by atoms with van der Waals surface area (Å²) in [5, 5.41) is 11.4. The van der Waals surface area contributed by atoms with Gasteiger partial charge in [-0.2, -0.15) is 0 Å². The molecule has 0 saturated carbocycles. The zero-order valence-electron chi connectivity index (χ0n) is 17.0. The van der Waals surface area contributed by atoms with E-state index in [0.29, 0.717) is 0 Å². The molecule has 2 N–H and O–H groups in total. The van der Waals surface area contributed by atoms with Crippen LogP contribution in [0.1, 0.15) is 57.2 Å². The van der Waals surface area contributed by atoms with Crippen molar-refractivity contribution < 1.29 is 14.7 Å². The Kier molecular flexibility index (Phi) is 8.76. The second-order valence-corrected chi connectivity index (χ2v) is 8.63. The summed E-state index contributed by atoms with van der Waals surface area (Å²) in [5.41, 5.74) is 4.16. The first-order chi connectivity index (χ1) is 12.6. The molecule has 1 atom stereocenters. The number of hydrogen-bond acceptors (Lipinski definition) is 4. The minimum atomic E-state index is -0.939. The van der Waals surface area contributed by atoms with Gasteiger partial charge >= 0.3 is 5.97 Å². The molecule has 0 radical (unpaired) electrons. The van der Waals surface area contributed by atoms with Crippen molar-refractivity contribution in [2.24, 2.45) is 4.99 Å². The van der Waals surface area contributed by atoms with E-state index >= 15 is 0 Å². The quantitative estimate of drug-likeness (QED) is 0.752. The number of aliphatic carboxylic acids is 1. The number of allylic oxidation sites excluding steroid dienone is 1. The predicted octanol–water partition coefficient (Wildman–Crippen LogP) is 4.29. The van der Waals surface area contributed by atoms with E-state index in [1.165, 1.54) is 28.5 Å². The summed E-state index contributed by atoms with van der Waals surface area (Å²) in [6, 6.07) is 6.51. The van der Waals surface area contributed by atoms with Crippen LogP contribution in [0.4, 0.5) is 0 Å². The van der Waals surface area contributed by atoms with Crippen LogP contribution in [0.5, 0.6) is 0 Å². The summed E-state index contributed by atoms with van der Waals surface area (Å²) in [6.07, 6.45) is 4.49. The van der Waals surface area contributed by atoms with Gasteiger partial charge in [0.15, 0.2) is 0 Å². The molecule has 148 valence electrons. The molecule has 1 amide bonds. The van der Waals surface area contributed by atoms with Crippen LogP contribution >= 0.6 is 11.8 Å². The van der Waals surface area contributed by atoms with Gasteiger partial charge in [-0.1, -0.05) is 63.7 Å². The highest BCUT2D eigenvalue weighted by Crippen LogP contribution is 2.29. The number of carboxylic acids is 1. The number of hydrogen-bond donors (Lipinski definition) is 2. The summed E-state index contributed by atoms with van der Waals surface area (Å²) in [7, 11) is 1.80. The number of carbonyl (C=O) groups excluding carboxylic acids is 1. The number of aliphatic imine (C=N–C) groups is 1. The molecule has 1 aliphatic heterocycles. The number of rotatable bonds is 4. The number of nitrogens with zero attached hydrogens (tertiary/aromatic N) is 1. The minimum Gasteiger partial charge on any atom is -0.481 e. The zero-order chi connectivity index (χ0) is 20.6. The molecule has 1 saturated heterocycles. The summed E-state index contributed by atoms with van der Waals surface area (Å²) in [4.78, 5) is 25.5. The van der Waals surface area contributed by atoms with Crippen LogP contribution in [0.3, 0.4) is 0 Å². The first-order valence-corrected chi connectivity index (χ1v) is 9.89. The number of nitrogens with one attached hydrogen (secondary N) is 1. The Morgan fingerprint density at radius 2 is 2.04 bits per heavy atom. The first kappa shape index (κ1) is 23.0. The lowest BCUT2D eigenvalue weighted by molar-refractivity contribution is -0.138. The van der Waals surface area contributed by atoms with Crippen molar-refractivity contribution in [1.29, 1.82) is 0 Å². The highest BCUT2D eigenvalue weighted by molar-refractivity contribution is 8.04. The standard InChI is InChI=1S/C13H19N.C8H11NO3S/c1-10-8-11(9-14-5)6-7-12(10)13(2,3)4;1-2-3-6-9-8(12)5(13-6)4-7(10)11/h6-9H,1-5H3;3,5H,2,4H2,1H3,(H,9,12)(H,10,11)/b;6-3-. The summed E-state index contributed by atoms with van der Waals surface area (Å²) < 4.78 is 0. The molecule has 1 fully saturated rings. The van der Waals surface area contributed by atoms with E-state index in [0.717, 1.165) is 11.4 Å². The Hall–Kier alpha value is -2.08. The molecule has 1 heterocycles. The smallest absolute Gasteiger partial charge is 0.305 e. The summed E-state index contributed by atoms with van der Waals surface area (Å²) in [6.45, 7) is 10.8. The van der Waals surface area contributed by atoms with Crippen LogP contribution in [-0.2, 0) is 15.0 Å². The maximum atomic E-state index is 11.2. The van der Waals surface area contributed by atoms with Gasteiger partial charge in [0.1, 0.15) is 5.25 Å². The van der Waals surface area contributed by atoms with Crippen LogP contribution < -0.4 is 5.32 Å². The lowest BCUT2D eigenvalue weighted by Crippen LogP contribution is -2.24. The van der Waals surface area contributed by atoms with E-state index in [-0.39, 0.29) is 17.7 Å². The monoisotopic (exact) mass is 390 g/mol. The summed E-state index contributed by atoms with van der Waals surface area (Å²) in [5.74, 6) is -1.14.